The summed E-state index contributed by atoms with van der Waals surface area (Å²) in [5.74, 6) is 0.436. The lowest BCUT2D eigenvalue weighted by Gasteiger charge is -2.37. The van der Waals surface area contributed by atoms with Gasteiger partial charge in [-0.1, -0.05) is 0 Å². The van der Waals surface area contributed by atoms with E-state index in [-0.39, 0.29) is 24.0 Å². The van der Waals surface area contributed by atoms with Crippen molar-refractivity contribution < 1.29 is 29.0 Å². The minimum Gasteiger partial charge on any atom is -0.508 e. The smallest absolute Gasteiger partial charge is 0.265 e. The summed E-state index contributed by atoms with van der Waals surface area (Å²) >= 11 is 0. The van der Waals surface area contributed by atoms with E-state index in [2.05, 4.69) is 4.90 Å². The maximum Gasteiger partial charge on any atom is 0.265 e. The largest absolute Gasteiger partial charge is 0.508 e. The van der Waals surface area contributed by atoms with E-state index in [0.717, 1.165) is 11.3 Å². The molecule has 3 aromatic carbocycles. The zero-order chi connectivity index (χ0) is 26.8. The minimum absolute atomic E-state index is 0.0575. The summed E-state index contributed by atoms with van der Waals surface area (Å²) in [7, 11) is 3.10. The number of rotatable bonds is 5. The lowest BCUT2D eigenvalue weighted by Crippen LogP contribution is -2.49. The Hall–Kier alpha value is -4.53. The van der Waals surface area contributed by atoms with Crippen LogP contribution in [0.1, 0.15) is 32.7 Å². The van der Waals surface area contributed by atoms with Crippen LogP contribution in [0.25, 0.3) is 0 Å². The lowest BCUT2D eigenvalue weighted by molar-refractivity contribution is -0.118. The number of carbonyl (C=O) groups is 3. The number of ether oxygens (including phenoxy) is 2. The molecule has 0 bridgehead atoms. The Kier molecular flexibility index (Phi) is 6.91. The number of piperazine rings is 1. The molecular formula is C29H29N3O6. The number of aryl methyl sites for hydroxylation is 1. The molecule has 0 saturated carbocycles. The van der Waals surface area contributed by atoms with Crippen molar-refractivity contribution in [3.05, 3.63) is 77.4 Å². The highest BCUT2D eigenvalue weighted by molar-refractivity contribution is 6.22. The average Bonchev–Trinajstić information content (AvgIpc) is 2.96. The quantitative estimate of drug-likeness (QED) is 0.520. The maximum atomic E-state index is 13.1. The second-order valence-electron chi connectivity index (χ2n) is 9.24. The van der Waals surface area contributed by atoms with Crippen LogP contribution in [-0.2, 0) is 11.2 Å². The van der Waals surface area contributed by atoms with Crippen LogP contribution in [0.4, 0.5) is 11.4 Å². The van der Waals surface area contributed by atoms with Crippen molar-refractivity contribution in [2.24, 2.45) is 0 Å². The number of carbonyl (C=O) groups excluding carboxylic acids is 3. The lowest BCUT2D eigenvalue weighted by atomic mass is 9.99. The van der Waals surface area contributed by atoms with Crippen molar-refractivity contribution in [3.8, 4) is 17.2 Å². The number of aromatic hydroxyl groups is 1. The van der Waals surface area contributed by atoms with E-state index in [1.165, 1.54) is 29.2 Å². The molecule has 3 aromatic rings. The Morgan fingerprint density at radius 3 is 2.13 bits per heavy atom. The van der Waals surface area contributed by atoms with Gasteiger partial charge in [0.2, 0.25) is 5.91 Å². The summed E-state index contributed by atoms with van der Waals surface area (Å²) in [5.41, 5.74) is 3.40. The number of imide groups is 1. The average molecular weight is 516 g/mol. The van der Waals surface area contributed by atoms with Gasteiger partial charge >= 0.3 is 0 Å². The van der Waals surface area contributed by atoms with Crippen LogP contribution in [0.5, 0.6) is 17.2 Å². The van der Waals surface area contributed by atoms with Gasteiger partial charge in [-0.25, -0.2) is 4.90 Å². The van der Waals surface area contributed by atoms with Gasteiger partial charge in [-0.3, -0.25) is 14.4 Å². The normalized spacial score (nSPS) is 15.2. The molecule has 2 aliphatic heterocycles. The fourth-order valence-electron chi connectivity index (χ4n) is 4.95. The molecular weight excluding hydrogens is 486 g/mol. The first-order valence-electron chi connectivity index (χ1n) is 12.4. The van der Waals surface area contributed by atoms with Crippen LogP contribution < -0.4 is 19.3 Å². The number of benzene rings is 3. The van der Waals surface area contributed by atoms with Crippen LogP contribution in [0.2, 0.25) is 0 Å². The van der Waals surface area contributed by atoms with Gasteiger partial charge < -0.3 is 24.4 Å². The predicted octanol–water partition coefficient (Wildman–Crippen LogP) is 3.49. The number of anilines is 2. The monoisotopic (exact) mass is 515 g/mol. The second kappa shape index (κ2) is 10.5. The zero-order valence-electron chi connectivity index (χ0n) is 21.3. The van der Waals surface area contributed by atoms with Gasteiger partial charge in [-0.2, -0.15) is 0 Å². The van der Waals surface area contributed by atoms with Crippen molar-refractivity contribution in [2.75, 3.05) is 50.2 Å². The van der Waals surface area contributed by atoms with Crippen molar-refractivity contribution in [1.29, 1.82) is 0 Å². The van der Waals surface area contributed by atoms with Gasteiger partial charge in [0.1, 0.15) is 5.75 Å². The second-order valence-corrected chi connectivity index (χ2v) is 9.24. The SMILES string of the molecule is COc1ccc(C(=O)N2CCN(c3ccc4c(c3)CCC(=O)N4C(=O)c3ccc(O)cc3)CC2)cc1OC. The van der Waals surface area contributed by atoms with Gasteiger partial charge in [0.25, 0.3) is 11.8 Å². The Balaban J connectivity index is 1.29. The number of hydrogen-bond acceptors (Lipinski definition) is 7. The van der Waals surface area contributed by atoms with Crippen LogP contribution in [-0.4, -0.2) is 68.1 Å². The third-order valence-electron chi connectivity index (χ3n) is 7.04. The van der Waals surface area contributed by atoms with E-state index in [1.54, 1.807) is 32.4 Å². The van der Waals surface area contributed by atoms with Gasteiger partial charge in [-0.05, 0) is 72.6 Å². The summed E-state index contributed by atoms with van der Waals surface area (Å²) in [5, 5.41) is 9.53. The van der Waals surface area contributed by atoms with E-state index in [4.69, 9.17) is 9.47 Å². The predicted molar refractivity (Wildman–Crippen MR) is 142 cm³/mol. The molecule has 0 spiro atoms. The van der Waals surface area contributed by atoms with Crippen molar-refractivity contribution in [1.82, 2.24) is 4.90 Å². The molecule has 0 atom stereocenters. The zero-order valence-corrected chi connectivity index (χ0v) is 21.3. The molecule has 9 nitrogen and oxygen atoms in total. The first-order chi connectivity index (χ1) is 18.4. The van der Waals surface area contributed by atoms with Gasteiger partial charge in [0, 0.05) is 49.4 Å². The highest BCUT2D eigenvalue weighted by Gasteiger charge is 2.31. The van der Waals surface area contributed by atoms with E-state index < -0.39 is 5.91 Å². The number of phenols is 1. The molecule has 0 unspecified atom stereocenters. The van der Waals surface area contributed by atoms with Crippen LogP contribution in [0.3, 0.4) is 0 Å². The van der Waals surface area contributed by atoms with Crippen LogP contribution in [0.15, 0.2) is 60.7 Å². The molecule has 2 aliphatic rings. The molecule has 5 rings (SSSR count). The van der Waals surface area contributed by atoms with Crippen molar-refractivity contribution in [3.63, 3.8) is 0 Å². The maximum absolute atomic E-state index is 13.1. The summed E-state index contributed by atoms with van der Waals surface area (Å²) in [6.45, 7) is 2.45. The first kappa shape index (κ1) is 25.1. The number of nitrogens with zero attached hydrogens (tertiary/aromatic N) is 3. The summed E-state index contributed by atoms with van der Waals surface area (Å²) < 4.78 is 10.6. The number of amides is 3. The highest BCUT2D eigenvalue weighted by Crippen LogP contribution is 2.33. The molecule has 1 saturated heterocycles. The van der Waals surface area contributed by atoms with Crippen LogP contribution >= 0.6 is 0 Å². The topological polar surface area (TPSA) is 99.6 Å². The van der Waals surface area contributed by atoms with E-state index in [9.17, 15) is 19.5 Å². The summed E-state index contributed by atoms with van der Waals surface area (Å²) in [6, 6.07) is 16.8. The molecule has 0 aliphatic carbocycles. The Bertz CT molecular complexity index is 1380. The van der Waals surface area contributed by atoms with Gasteiger partial charge in [0.05, 0.1) is 19.9 Å². The highest BCUT2D eigenvalue weighted by atomic mass is 16.5. The number of hydrogen-bond donors (Lipinski definition) is 1. The first-order valence-corrected chi connectivity index (χ1v) is 12.4. The summed E-state index contributed by atoms with van der Waals surface area (Å²) in [4.78, 5) is 44.2. The minimum atomic E-state index is -0.411. The molecule has 1 fully saturated rings. The summed E-state index contributed by atoms with van der Waals surface area (Å²) in [6.07, 6.45) is 0.799. The Morgan fingerprint density at radius 2 is 1.45 bits per heavy atom. The number of phenolic OH excluding ortho intramolecular Hbond substituents is 1. The van der Waals surface area contributed by atoms with Crippen molar-refractivity contribution >= 4 is 29.1 Å². The number of methoxy groups -OCH3 is 2. The molecule has 2 heterocycles. The Labute approximate surface area is 220 Å². The third-order valence-corrected chi connectivity index (χ3v) is 7.04. The Morgan fingerprint density at radius 1 is 0.763 bits per heavy atom. The molecule has 0 aromatic heterocycles. The fourth-order valence-corrected chi connectivity index (χ4v) is 4.95. The van der Waals surface area contributed by atoms with E-state index in [1.807, 2.05) is 23.1 Å². The fraction of sp³-hybridized carbons (Fsp3) is 0.276. The van der Waals surface area contributed by atoms with E-state index in [0.29, 0.717) is 60.9 Å². The number of fused-ring (bicyclic) bond motifs is 1. The van der Waals surface area contributed by atoms with Gasteiger partial charge in [0.15, 0.2) is 11.5 Å². The van der Waals surface area contributed by atoms with Gasteiger partial charge in [-0.15, -0.1) is 0 Å². The van der Waals surface area contributed by atoms with Crippen LogP contribution in [0, 0.1) is 0 Å². The van der Waals surface area contributed by atoms with Crippen molar-refractivity contribution in [2.45, 2.75) is 12.8 Å². The third kappa shape index (κ3) is 4.74. The molecule has 3 amide bonds. The molecule has 9 heteroatoms. The molecule has 196 valence electrons. The molecule has 38 heavy (non-hydrogen) atoms. The standard InChI is InChI=1S/C29H29N3O6/c1-37-25-11-5-21(18-26(25)38-2)28(35)31-15-13-30(14-16-31)22-7-10-24-20(17-22)6-12-27(34)32(24)29(36)19-3-8-23(33)9-4-19/h3-5,7-11,17-18,33H,6,12-16H2,1-2H3. The molecule has 1 N–H and O–H groups in total. The molecule has 0 radical (unpaired) electrons. The van der Waals surface area contributed by atoms with E-state index >= 15 is 0 Å².